The van der Waals surface area contributed by atoms with Crippen LogP contribution in [0.2, 0.25) is 5.02 Å². The van der Waals surface area contributed by atoms with Crippen molar-refractivity contribution >= 4 is 39.1 Å². The molecule has 0 radical (unpaired) electrons. The minimum atomic E-state index is -0.512. The number of quaternary nitrogens is 1. The number of benzene rings is 2. The smallest absolute Gasteiger partial charge is 0.319 e. The molecule has 0 amide bonds. The molecular formula is C33H35ClFN6O2+. The first-order valence-electron chi connectivity index (χ1n) is 15.6. The van der Waals surface area contributed by atoms with E-state index in [4.69, 9.17) is 21.3 Å². The summed E-state index contributed by atoms with van der Waals surface area (Å²) in [5, 5.41) is 13.7. The van der Waals surface area contributed by atoms with Gasteiger partial charge in [-0.15, -0.1) is 0 Å². The van der Waals surface area contributed by atoms with Crippen molar-refractivity contribution in [2.45, 2.75) is 75.5 Å². The van der Waals surface area contributed by atoms with Gasteiger partial charge in [0, 0.05) is 34.3 Å². The number of fused-ring (bicyclic) bond motifs is 3. The minimum Gasteiger partial charge on any atom is -0.462 e. The average Bonchev–Trinajstić information content (AvgIpc) is 3.29. The second-order valence-corrected chi connectivity index (χ2v) is 13.8. The molecule has 5 fully saturated rings. The third kappa shape index (κ3) is 3.50. The second-order valence-electron chi connectivity index (χ2n) is 13.4. The number of ether oxygens (including phenoxy) is 1. The molecule has 7 atom stereocenters. The molecule has 222 valence electrons. The number of aliphatic hydroxyl groups excluding tert-OH is 1. The van der Waals surface area contributed by atoms with Gasteiger partial charge >= 0.3 is 6.01 Å². The first-order chi connectivity index (χ1) is 20.9. The van der Waals surface area contributed by atoms with Crippen LogP contribution >= 0.6 is 11.6 Å². The van der Waals surface area contributed by atoms with E-state index in [1.807, 2.05) is 36.4 Å². The number of hydrogen-bond donors (Lipinski definition) is 1. The van der Waals surface area contributed by atoms with Crippen LogP contribution in [0.4, 0.5) is 10.2 Å². The highest BCUT2D eigenvalue weighted by Gasteiger charge is 2.93. The van der Waals surface area contributed by atoms with Gasteiger partial charge in [0.25, 0.3) is 0 Å². The normalized spacial score (nSPS) is 32.5. The van der Waals surface area contributed by atoms with Crippen molar-refractivity contribution in [1.29, 1.82) is 0 Å². The lowest BCUT2D eigenvalue weighted by molar-refractivity contribution is -0.949. The minimum absolute atomic E-state index is 0.185. The molecular weight excluding hydrogens is 567 g/mol. The van der Waals surface area contributed by atoms with Crippen LogP contribution in [0.15, 0.2) is 42.6 Å². The molecule has 9 rings (SSSR count). The molecule has 5 aliphatic rings. The van der Waals surface area contributed by atoms with Crippen LogP contribution in [-0.4, -0.2) is 98.0 Å². The van der Waals surface area contributed by atoms with Crippen LogP contribution in [0.25, 0.3) is 32.9 Å². The Morgan fingerprint density at radius 2 is 1.98 bits per heavy atom. The molecule has 10 heteroatoms. The summed E-state index contributed by atoms with van der Waals surface area (Å²) >= 11 is 6.62. The van der Waals surface area contributed by atoms with Gasteiger partial charge in [0.1, 0.15) is 35.7 Å². The largest absolute Gasteiger partial charge is 0.462 e. The van der Waals surface area contributed by atoms with Gasteiger partial charge in [-0.25, -0.2) is 4.39 Å². The molecule has 1 N–H and O–H groups in total. The molecule has 1 spiro atoms. The van der Waals surface area contributed by atoms with Gasteiger partial charge in [0.2, 0.25) is 0 Å². The van der Waals surface area contributed by atoms with Crippen LogP contribution in [0.5, 0.6) is 6.01 Å². The van der Waals surface area contributed by atoms with E-state index in [0.717, 1.165) is 47.6 Å². The van der Waals surface area contributed by atoms with Crippen LogP contribution in [0.1, 0.15) is 33.1 Å². The van der Waals surface area contributed by atoms with Crippen molar-refractivity contribution in [3.63, 3.8) is 0 Å². The van der Waals surface area contributed by atoms with Crippen molar-refractivity contribution in [2.24, 2.45) is 0 Å². The maximum absolute atomic E-state index is 16.7. The Morgan fingerprint density at radius 3 is 2.79 bits per heavy atom. The molecule has 7 heterocycles. The Balaban J connectivity index is 1.15. The highest BCUT2D eigenvalue weighted by Crippen LogP contribution is 2.69. The SMILES string of the molecule is CC(C)N1CCC[C@H]1COc1nc(N2CC3CC4C5[C@@H](O)C(C2)[N+]345)c2cnc(-c3cccc4cccc(Cl)c34)c(F)c2n1. The van der Waals surface area contributed by atoms with Gasteiger partial charge in [0.15, 0.2) is 24.0 Å². The van der Waals surface area contributed by atoms with Gasteiger partial charge in [-0.3, -0.25) is 14.4 Å². The fraction of sp³-hybridized carbons (Fsp3) is 0.485. The number of pyridine rings is 1. The molecule has 0 aliphatic carbocycles. The van der Waals surface area contributed by atoms with Crippen LogP contribution in [-0.2, 0) is 0 Å². The maximum Gasteiger partial charge on any atom is 0.319 e. The molecule has 5 unspecified atom stereocenters. The summed E-state index contributed by atoms with van der Waals surface area (Å²) in [5.74, 6) is 0.127. The number of rotatable bonds is 6. The van der Waals surface area contributed by atoms with Gasteiger partial charge in [-0.1, -0.05) is 41.9 Å². The zero-order valence-electron chi connectivity index (χ0n) is 24.3. The molecule has 5 saturated heterocycles. The van der Waals surface area contributed by atoms with E-state index in [2.05, 4.69) is 33.6 Å². The average molecular weight is 602 g/mol. The van der Waals surface area contributed by atoms with Crippen molar-refractivity contribution in [3.8, 4) is 17.3 Å². The fourth-order valence-corrected chi connectivity index (χ4v) is 9.62. The van der Waals surface area contributed by atoms with Gasteiger partial charge in [0.05, 0.1) is 24.9 Å². The molecule has 5 aliphatic heterocycles. The third-order valence-electron chi connectivity index (χ3n) is 11.2. The Bertz CT molecular complexity index is 1800. The maximum atomic E-state index is 16.7. The second kappa shape index (κ2) is 9.20. The van der Waals surface area contributed by atoms with Gasteiger partial charge in [-0.2, -0.15) is 9.97 Å². The number of likely N-dealkylation sites (tertiary alicyclic amines) is 1. The monoisotopic (exact) mass is 601 g/mol. The van der Waals surface area contributed by atoms with Crippen LogP contribution < -0.4 is 9.64 Å². The van der Waals surface area contributed by atoms with E-state index in [1.54, 1.807) is 6.20 Å². The first-order valence-corrected chi connectivity index (χ1v) is 16.0. The lowest BCUT2D eigenvalue weighted by atomic mass is 9.91. The predicted molar refractivity (Wildman–Crippen MR) is 164 cm³/mol. The first kappa shape index (κ1) is 26.3. The van der Waals surface area contributed by atoms with E-state index in [0.29, 0.717) is 59.1 Å². The van der Waals surface area contributed by atoms with E-state index in [9.17, 15) is 5.11 Å². The Kier molecular flexibility index (Phi) is 5.63. The number of piperazine rings is 1. The molecule has 0 saturated carbocycles. The zero-order chi connectivity index (χ0) is 29.2. The van der Waals surface area contributed by atoms with Gasteiger partial charge < -0.3 is 14.7 Å². The van der Waals surface area contributed by atoms with Crippen LogP contribution in [0.3, 0.4) is 0 Å². The van der Waals surface area contributed by atoms with E-state index < -0.39 is 5.82 Å². The summed E-state index contributed by atoms with van der Waals surface area (Å²) in [6.45, 7) is 7.43. The summed E-state index contributed by atoms with van der Waals surface area (Å²) in [5.41, 5.74) is 1.02. The fourth-order valence-electron chi connectivity index (χ4n) is 9.34. The summed E-state index contributed by atoms with van der Waals surface area (Å²) in [7, 11) is 0. The number of hydrogen-bond acceptors (Lipinski definition) is 7. The molecule has 2 aromatic carbocycles. The number of halogens is 2. The van der Waals surface area contributed by atoms with E-state index in [-0.39, 0.29) is 35.4 Å². The van der Waals surface area contributed by atoms with E-state index >= 15 is 4.39 Å². The lowest BCUT2D eigenvalue weighted by Gasteiger charge is -2.55. The summed E-state index contributed by atoms with van der Waals surface area (Å²) in [4.78, 5) is 18.9. The number of nitrogens with zero attached hydrogens (tertiary/aromatic N) is 6. The highest BCUT2D eigenvalue weighted by molar-refractivity contribution is 6.36. The number of aliphatic hydroxyl groups is 1. The Labute approximate surface area is 254 Å². The van der Waals surface area contributed by atoms with Crippen molar-refractivity contribution in [3.05, 3.63) is 53.4 Å². The summed E-state index contributed by atoms with van der Waals surface area (Å²) in [6, 6.07) is 14.0. The van der Waals surface area contributed by atoms with E-state index in [1.165, 1.54) is 0 Å². The topological polar surface area (TPSA) is 74.6 Å². The molecule has 43 heavy (non-hydrogen) atoms. The molecule has 8 nitrogen and oxygen atoms in total. The van der Waals surface area contributed by atoms with Crippen LogP contribution in [0, 0.1) is 5.82 Å². The third-order valence-corrected chi connectivity index (χ3v) is 11.6. The summed E-state index contributed by atoms with van der Waals surface area (Å²) in [6.07, 6.45) is 4.74. The van der Waals surface area contributed by atoms with Gasteiger partial charge in [-0.05, 0) is 44.7 Å². The zero-order valence-corrected chi connectivity index (χ0v) is 25.1. The Morgan fingerprint density at radius 1 is 1.14 bits per heavy atom. The predicted octanol–water partition coefficient (Wildman–Crippen LogP) is 4.79. The quantitative estimate of drug-likeness (QED) is 0.252. The standard InChI is InChI=1S/C33H35ClFN6O2/c1-17(2)40-11-5-8-19(40)16-43-33-37-29-22(32(38-33)39-14-20-12-24-30-31(42)25(15-39)41(20,24)30)13-36-28(27(29)35)21-9-3-6-18-7-4-10-23(34)26(18)21/h3-4,6-7,9-10,13,17,19-20,24-25,30-31,42H,5,8,11-12,14-16H2,1-2H3/q+1/t19-,20?,24?,25?,30?,31-,41?/m0/s1. The Hall–Kier alpha value is -3.11. The van der Waals surface area contributed by atoms with Crippen molar-refractivity contribution in [2.75, 3.05) is 31.1 Å². The number of anilines is 1. The molecule has 4 aromatic rings. The molecule has 2 aromatic heterocycles. The summed E-state index contributed by atoms with van der Waals surface area (Å²) < 4.78 is 24.1. The molecule has 0 bridgehead atoms. The van der Waals surface area contributed by atoms with Crippen molar-refractivity contribution in [1.82, 2.24) is 19.9 Å². The lowest BCUT2D eigenvalue weighted by Crippen LogP contribution is -2.76. The van der Waals surface area contributed by atoms with Crippen molar-refractivity contribution < 1.29 is 18.7 Å². The highest BCUT2D eigenvalue weighted by atomic mass is 35.5. The number of aromatic nitrogens is 3.